The molecule has 2 aliphatic carbocycles. The van der Waals surface area contributed by atoms with E-state index in [4.69, 9.17) is 9.84 Å². The minimum absolute atomic E-state index is 0.0150. The Bertz CT molecular complexity index is 300. The average molecular weight is 227 g/mol. The number of carboxylic acid groups (broad SMARTS) is 1. The number of ether oxygens (including phenoxy) is 1. The molecule has 2 N–H and O–H groups in total. The number of methoxy groups -OCH3 is 1. The zero-order chi connectivity index (χ0) is 11.8. The summed E-state index contributed by atoms with van der Waals surface area (Å²) in [6.45, 7) is 0. The van der Waals surface area contributed by atoms with E-state index in [1.54, 1.807) is 7.11 Å². The van der Waals surface area contributed by atoms with E-state index in [1.807, 2.05) is 0 Å². The predicted molar refractivity (Wildman–Crippen MR) is 55.9 cm³/mol. The largest absolute Gasteiger partial charge is 0.481 e. The maximum absolute atomic E-state index is 11.9. The highest BCUT2D eigenvalue weighted by molar-refractivity contribution is 5.86. The first-order valence-corrected chi connectivity index (χ1v) is 5.66. The summed E-state index contributed by atoms with van der Waals surface area (Å²) in [5, 5.41) is 11.6. The van der Waals surface area contributed by atoms with Gasteiger partial charge in [0.1, 0.15) is 5.60 Å². The van der Waals surface area contributed by atoms with Crippen LogP contribution in [-0.2, 0) is 14.3 Å². The Labute approximate surface area is 94.2 Å². The molecule has 0 aromatic rings. The van der Waals surface area contributed by atoms with Crippen molar-refractivity contribution >= 4 is 11.9 Å². The van der Waals surface area contributed by atoms with E-state index in [9.17, 15) is 9.59 Å². The Morgan fingerprint density at radius 2 is 2.00 bits per heavy atom. The second-order valence-electron chi connectivity index (χ2n) is 4.73. The molecule has 0 bridgehead atoms. The van der Waals surface area contributed by atoms with Crippen LogP contribution >= 0.6 is 0 Å². The number of aliphatic carboxylic acids is 1. The molecular weight excluding hydrogens is 210 g/mol. The summed E-state index contributed by atoms with van der Waals surface area (Å²) >= 11 is 0. The third kappa shape index (κ3) is 1.80. The van der Waals surface area contributed by atoms with Gasteiger partial charge in [-0.3, -0.25) is 9.59 Å². The zero-order valence-electron chi connectivity index (χ0n) is 9.36. The van der Waals surface area contributed by atoms with Crippen LogP contribution in [-0.4, -0.2) is 35.7 Å². The maximum atomic E-state index is 11.9. The lowest BCUT2D eigenvalue weighted by molar-refractivity contribution is -0.157. The molecule has 0 aliphatic heterocycles. The van der Waals surface area contributed by atoms with E-state index in [0.717, 1.165) is 19.3 Å². The van der Waals surface area contributed by atoms with E-state index >= 15 is 0 Å². The monoisotopic (exact) mass is 227 g/mol. The normalized spacial score (nSPS) is 31.1. The molecule has 5 heteroatoms. The van der Waals surface area contributed by atoms with Crippen molar-refractivity contribution in [3.8, 4) is 0 Å². The number of nitrogens with one attached hydrogen (secondary N) is 1. The average Bonchev–Trinajstić information content (AvgIpc) is 2.08. The van der Waals surface area contributed by atoms with Crippen molar-refractivity contribution < 1.29 is 19.4 Å². The van der Waals surface area contributed by atoms with Gasteiger partial charge >= 0.3 is 5.97 Å². The molecule has 90 valence electrons. The molecular formula is C11H17NO4. The van der Waals surface area contributed by atoms with Gasteiger partial charge in [0.05, 0.1) is 5.92 Å². The van der Waals surface area contributed by atoms with Gasteiger partial charge in [0.25, 0.3) is 5.91 Å². The van der Waals surface area contributed by atoms with Crippen LogP contribution in [0, 0.1) is 5.92 Å². The van der Waals surface area contributed by atoms with Gasteiger partial charge in [0, 0.05) is 13.2 Å². The number of hydrogen-bond acceptors (Lipinski definition) is 3. The highest BCUT2D eigenvalue weighted by Crippen LogP contribution is 2.36. The molecule has 0 aromatic carbocycles. The Kier molecular flexibility index (Phi) is 2.88. The molecule has 0 unspecified atom stereocenters. The Balaban J connectivity index is 1.79. The van der Waals surface area contributed by atoms with Gasteiger partial charge in [-0.05, 0) is 32.1 Å². The fraction of sp³-hybridized carbons (Fsp3) is 0.818. The number of carboxylic acids is 1. The van der Waals surface area contributed by atoms with Crippen molar-refractivity contribution in [2.24, 2.45) is 5.92 Å². The SMILES string of the molecule is COC1(C(=O)NC2CC(C(=O)O)C2)CCC1. The lowest BCUT2D eigenvalue weighted by Crippen LogP contribution is -2.58. The predicted octanol–water partition coefficient (Wildman–Crippen LogP) is 0.535. The van der Waals surface area contributed by atoms with Crippen molar-refractivity contribution in [2.75, 3.05) is 7.11 Å². The van der Waals surface area contributed by atoms with E-state index in [1.165, 1.54) is 0 Å². The first-order valence-electron chi connectivity index (χ1n) is 5.66. The molecule has 16 heavy (non-hydrogen) atoms. The second kappa shape index (κ2) is 4.05. The quantitative estimate of drug-likeness (QED) is 0.734. The summed E-state index contributed by atoms with van der Waals surface area (Å²) in [6, 6.07) is 0.0150. The Morgan fingerprint density at radius 1 is 1.38 bits per heavy atom. The zero-order valence-corrected chi connectivity index (χ0v) is 9.36. The number of carbonyl (C=O) groups is 2. The standard InChI is InChI=1S/C11H17NO4/c1-16-11(3-2-4-11)10(15)12-8-5-7(6-8)9(13)14/h7-8H,2-6H2,1H3,(H,12,15)(H,13,14). The maximum Gasteiger partial charge on any atom is 0.306 e. The highest BCUT2D eigenvalue weighted by atomic mass is 16.5. The number of amides is 1. The smallest absolute Gasteiger partial charge is 0.306 e. The van der Waals surface area contributed by atoms with E-state index in [-0.39, 0.29) is 17.9 Å². The molecule has 2 rings (SSSR count). The van der Waals surface area contributed by atoms with Crippen molar-refractivity contribution in [2.45, 2.75) is 43.7 Å². The van der Waals surface area contributed by atoms with Gasteiger partial charge in [-0.2, -0.15) is 0 Å². The van der Waals surface area contributed by atoms with Crippen LogP contribution in [0.2, 0.25) is 0 Å². The number of hydrogen-bond donors (Lipinski definition) is 2. The third-order valence-corrected chi connectivity index (χ3v) is 3.79. The number of carbonyl (C=O) groups excluding carboxylic acids is 1. The lowest BCUT2D eigenvalue weighted by atomic mass is 9.76. The molecule has 0 heterocycles. The van der Waals surface area contributed by atoms with Gasteiger partial charge in [0.2, 0.25) is 0 Å². The Morgan fingerprint density at radius 3 is 2.38 bits per heavy atom. The molecule has 0 atom stereocenters. The van der Waals surface area contributed by atoms with Gasteiger partial charge in [-0.1, -0.05) is 0 Å². The fourth-order valence-corrected chi connectivity index (χ4v) is 2.28. The van der Waals surface area contributed by atoms with Crippen molar-refractivity contribution in [1.82, 2.24) is 5.32 Å². The second-order valence-corrected chi connectivity index (χ2v) is 4.73. The van der Waals surface area contributed by atoms with Crippen molar-refractivity contribution in [3.05, 3.63) is 0 Å². The van der Waals surface area contributed by atoms with Crippen LogP contribution in [0.15, 0.2) is 0 Å². The van der Waals surface area contributed by atoms with Crippen LogP contribution in [0.5, 0.6) is 0 Å². The Hall–Kier alpha value is -1.10. The van der Waals surface area contributed by atoms with Crippen molar-refractivity contribution in [1.29, 1.82) is 0 Å². The minimum atomic E-state index is -0.768. The van der Waals surface area contributed by atoms with Crippen LogP contribution in [0.25, 0.3) is 0 Å². The van der Waals surface area contributed by atoms with E-state index in [2.05, 4.69) is 5.32 Å². The van der Waals surface area contributed by atoms with Crippen LogP contribution < -0.4 is 5.32 Å². The van der Waals surface area contributed by atoms with Crippen LogP contribution in [0.1, 0.15) is 32.1 Å². The molecule has 2 fully saturated rings. The third-order valence-electron chi connectivity index (χ3n) is 3.79. The van der Waals surface area contributed by atoms with Gasteiger partial charge in [-0.25, -0.2) is 0 Å². The summed E-state index contributed by atoms with van der Waals surface area (Å²) in [5.74, 6) is -1.13. The van der Waals surface area contributed by atoms with Crippen molar-refractivity contribution in [3.63, 3.8) is 0 Å². The van der Waals surface area contributed by atoms with Gasteiger partial charge in [0.15, 0.2) is 0 Å². The molecule has 5 nitrogen and oxygen atoms in total. The topological polar surface area (TPSA) is 75.6 Å². The molecule has 0 spiro atoms. The summed E-state index contributed by atoms with van der Waals surface area (Å²) < 4.78 is 5.25. The fourth-order valence-electron chi connectivity index (χ4n) is 2.28. The van der Waals surface area contributed by atoms with Gasteiger partial charge < -0.3 is 15.2 Å². The molecule has 0 radical (unpaired) electrons. The number of rotatable bonds is 4. The van der Waals surface area contributed by atoms with Gasteiger partial charge in [-0.15, -0.1) is 0 Å². The molecule has 0 saturated heterocycles. The summed E-state index contributed by atoms with van der Waals surface area (Å²) in [5.41, 5.74) is -0.631. The van der Waals surface area contributed by atoms with E-state index in [0.29, 0.717) is 12.8 Å². The van der Waals surface area contributed by atoms with Crippen LogP contribution in [0.3, 0.4) is 0 Å². The first kappa shape index (κ1) is 11.4. The summed E-state index contributed by atoms with van der Waals surface area (Å²) in [4.78, 5) is 22.5. The summed E-state index contributed by atoms with van der Waals surface area (Å²) in [6.07, 6.45) is 3.64. The first-order chi connectivity index (χ1) is 7.57. The highest BCUT2D eigenvalue weighted by Gasteiger charge is 2.46. The minimum Gasteiger partial charge on any atom is -0.481 e. The summed E-state index contributed by atoms with van der Waals surface area (Å²) in [7, 11) is 1.56. The van der Waals surface area contributed by atoms with E-state index < -0.39 is 11.6 Å². The molecule has 2 saturated carbocycles. The molecule has 0 aromatic heterocycles. The molecule has 1 amide bonds. The molecule has 2 aliphatic rings. The lowest BCUT2D eigenvalue weighted by Gasteiger charge is -2.41. The van der Waals surface area contributed by atoms with Crippen LogP contribution in [0.4, 0.5) is 0 Å².